The summed E-state index contributed by atoms with van der Waals surface area (Å²) in [6.45, 7) is 6.00. The molecule has 0 radical (unpaired) electrons. The van der Waals surface area contributed by atoms with Crippen LogP contribution in [0.5, 0.6) is 0 Å². The third-order valence-corrected chi connectivity index (χ3v) is 5.42. The average Bonchev–Trinajstić information content (AvgIpc) is 3.49. The first kappa shape index (κ1) is 18.9. The molecule has 29 heavy (non-hydrogen) atoms. The number of hydrogen-bond donors (Lipinski definition) is 0. The topological polar surface area (TPSA) is 98.0 Å². The Kier molecular flexibility index (Phi) is 4.50. The lowest BCUT2D eigenvalue weighted by molar-refractivity contribution is 0.552. The van der Waals surface area contributed by atoms with E-state index in [2.05, 4.69) is 13.8 Å². The Hall–Kier alpha value is -3.40. The minimum atomic E-state index is -0.646. The first-order valence-corrected chi connectivity index (χ1v) is 9.63. The predicted octanol–water partition coefficient (Wildman–Crippen LogP) is 2.80. The van der Waals surface area contributed by atoms with Crippen molar-refractivity contribution in [2.24, 2.45) is 0 Å². The van der Waals surface area contributed by atoms with Gasteiger partial charge in [-0.3, -0.25) is 13.9 Å². The third-order valence-electron chi connectivity index (χ3n) is 5.42. The molecule has 1 aliphatic rings. The highest BCUT2D eigenvalue weighted by molar-refractivity contribution is 5.82. The number of aromatic nitrogens is 2. The van der Waals surface area contributed by atoms with E-state index in [0.29, 0.717) is 16.5 Å². The Morgan fingerprint density at radius 2 is 1.93 bits per heavy atom. The Morgan fingerprint density at radius 3 is 2.55 bits per heavy atom. The van der Waals surface area contributed by atoms with Gasteiger partial charge in [0.05, 0.1) is 6.54 Å². The second-order valence-electron chi connectivity index (χ2n) is 7.92. The van der Waals surface area contributed by atoms with Gasteiger partial charge in [-0.1, -0.05) is 13.8 Å². The van der Waals surface area contributed by atoms with Crippen molar-refractivity contribution in [2.75, 3.05) is 0 Å². The van der Waals surface area contributed by atoms with Gasteiger partial charge >= 0.3 is 11.3 Å². The SMILES string of the molecule is Cc1cc2oc(=O)cc(Cn3c(=O)c(C#N)cn(C4CC4)c3=O)c2cc1C(C)C. The number of nitrogens with zero attached hydrogens (tertiary/aromatic N) is 3. The van der Waals surface area contributed by atoms with Crippen LogP contribution in [-0.2, 0) is 6.54 Å². The quantitative estimate of drug-likeness (QED) is 0.637. The molecule has 0 saturated heterocycles. The summed E-state index contributed by atoms with van der Waals surface area (Å²) in [5.41, 5.74) is 1.31. The molecule has 2 aromatic heterocycles. The molecular formula is C22H21N3O4. The zero-order chi connectivity index (χ0) is 20.9. The predicted molar refractivity (Wildman–Crippen MR) is 108 cm³/mol. The first-order chi connectivity index (χ1) is 13.8. The summed E-state index contributed by atoms with van der Waals surface area (Å²) in [6.07, 6.45) is 3.03. The molecule has 1 aromatic carbocycles. The lowest BCUT2D eigenvalue weighted by Crippen LogP contribution is -2.41. The van der Waals surface area contributed by atoms with E-state index < -0.39 is 16.9 Å². The third kappa shape index (κ3) is 3.31. The van der Waals surface area contributed by atoms with E-state index in [1.54, 1.807) is 0 Å². The van der Waals surface area contributed by atoms with Crippen molar-refractivity contribution >= 4 is 11.0 Å². The highest BCUT2D eigenvalue weighted by Gasteiger charge is 2.27. The molecule has 0 spiro atoms. The number of fused-ring (bicyclic) bond motifs is 1. The van der Waals surface area contributed by atoms with Crippen LogP contribution in [0.1, 0.15) is 60.9 Å². The zero-order valence-electron chi connectivity index (χ0n) is 16.6. The van der Waals surface area contributed by atoms with Crippen LogP contribution < -0.4 is 16.9 Å². The van der Waals surface area contributed by atoms with E-state index in [0.717, 1.165) is 28.5 Å². The molecule has 1 aliphatic carbocycles. The van der Waals surface area contributed by atoms with E-state index in [4.69, 9.17) is 4.42 Å². The zero-order valence-corrected chi connectivity index (χ0v) is 16.6. The molecule has 0 aliphatic heterocycles. The van der Waals surface area contributed by atoms with Crippen molar-refractivity contribution < 1.29 is 4.42 Å². The van der Waals surface area contributed by atoms with Crippen molar-refractivity contribution in [1.29, 1.82) is 5.26 Å². The number of rotatable bonds is 4. The van der Waals surface area contributed by atoms with Crippen LogP contribution in [0.2, 0.25) is 0 Å². The lowest BCUT2D eigenvalue weighted by Gasteiger charge is -2.14. The van der Waals surface area contributed by atoms with Crippen LogP contribution in [0.15, 0.2) is 43.2 Å². The minimum Gasteiger partial charge on any atom is -0.423 e. The molecule has 1 saturated carbocycles. The van der Waals surface area contributed by atoms with Gasteiger partial charge in [0.15, 0.2) is 0 Å². The van der Waals surface area contributed by atoms with Gasteiger partial charge in [-0.05, 0) is 54.5 Å². The first-order valence-electron chi connectivity index (χ1n) is 9.63. The summed E-state index contributed by atoms with van der Waals surface area (Å²) >= 11 is 0. The van der Waals surface area contributed by atoms with E-state index in [-0.39, 0.29) is 24.1 Å². The molecule has 0 amide bonds. The van der Waals surface area contributed by atoms with Gasteiger partial charge in [0.1, 0.15) is 17.2 Å². The molecular weight excluding hydrogens is 370 g/mol. The second-order valence-corrected chi connectivity index (χ2v) is 7.92. The molecule has 3 aromatic rings. The molecule has 1 fully saturated rings. The van der Waals surface area contributed by atoms with Crippen molar-refractivity contribution in [1.82, 2.24) is 9.13 Å². The second kappa shape index (κ2) is 6.89. The molecule has 0 N–H and O–H groups in total. The number of benzene rings is 1. The van der Waals surface area contributed by atoms with Gasteiger partial charge in [-0.15, -0.1) is 0 Å². The summed E-state index contributed by atoms with van der Waals surface area (Å²) in [6, 6.07) is 6.98. The van der Waals surface area contributed by atoms with E-state index in [1.165, 1.54) is 16.8 Å². The van der Waals surface area contributed by atoms with Crippen LogP contribution in [0.4, 0.5) is 0 Å². The Balaban J connectivity index is 1.95. The summed E-state index contributed by atoms with van der Waals surface area (Å²) in [5, 5.41) is 10.0. The van der Waals surface area contributed by atoms with Crippen molar-refractivity contribution in [3.8, 4) is 6.07 Å². The van der Waals surface area contributed by atoms with Crippen molar-refractivity contribution in [3.05, 3.63) is 77.9 Å². The van der Waals surface area contributed by atoms with Gasteiger partial charge in [0.2, 0.25) is 0 Å². The summed E-state index contributed by atoms with van der Waals surface area (Å²) in [5.74, 6) is 0.260. The smallest absolute Gasteiger partial charge is 0.336 e. The standard InChI is InChI=1S/C22H21N3O4/c1-12(2)17-8-18-14(7-20(26)29-19(18)6-13(17)3)10-25-21(27)15(9-23)11-24(22(25)28)16-4-5-16/h6-8,11-12,16H,4-5,10H2,1-3H3. The molecule has 2 heterocycles. The van der Waals surface area contributed by atoms with Crippen LogP contribution in [-0.4, -0.2) is 9.13 Å². The maximum atomic E-state index is 12.9. The van der Waals surface area contributed by atoms with Crippen molar-refractivity contribution in [2.45, 2.75) is 52.1 Å². The Labute approximate surface area is 166 Å². The summed E-state index contributed by atoms with van der Waals surface area (Å²) < 4.78 is 7.85. The van der Waals surface area contributed by atoms with Crippen LogP contribution in [0, 0.1) is 18.3 Å². The fourth-order valence-electron chi connectivity index (χ4n) is 3.77. The van der Waals surface area contributed by atoms with Crippen molar-refractivity contribution in [3.63, 3.8) is 0 Å². The van der Waals surface area contributed by atoms with Crippen LogP contribution in [0.25, 0.3) is 11.0 Å². The van der Waals surface area contributed by atoms with Gasteiger partial charge < -0.3 is 4.42 Å². The van der Waals surface area contributed by atoms with E-state index in [9.17, 15) is 19.6 Å². The molecule has 4 rings (SSSR count). The summed E-state index contributed by atoms with van der Waals surface area (Å²) in [7, 11) is 0. The highest BCUT2D eigenvalue weighted by Crippen LogP contribution is 2.33. The van der Waals surface area contributed by atoms with Gasteiger partial charge in [0.25, 0.3) is 5.56 Å². The molecule has 7 heteroatoms. The fraction of sp³-hybridized carbons (Fsp3) is 0.364. The normalized spacial score (nSPS) is 13.8. The lowest BCUT2D eigenvalue weighted by atomic mass is 9.95. The summed E-state index contributed by atoms with van der Waals surface area (Å²) in [4.78, 5) is 37.7. The Bertz CT molecular complexity index is 1350. The molecule has 148 valence electrons. The molecule has 0 atom stereocenters. The largest absolute Gasteiger partial charge is 0.423 e. The number of hydrogen-bond acceptors (Lipinski definition) is 5. The fourth-order valence-corrected chi connectivity index (χ4v) is 3.77. The van der Waals surface area contributed by atoms with Crippen LogP contribution in [0.3, 0.4) is 0 Å². The maximum Gasteiger partial charge on any atom is 0.336 e. The number of aryl methyl sites for hydroxylation is 1. The highest BCUT2D eigenvalue weighted by atomic mass is 16.4. The minimum absolute atomic E-state index is 0.0224. The Morgan fingerprint density at radius 1 is 1.21 bits per heavy atom. The maximum absolute atomic E-state index is 12.9. The average molecular weight is 391 g/mol. The van der Waals surface area contributed by atoms with E-state index in [1.807, 2.05) is 25.1 Å². The number of nitriles is 1. The molecule has 0 unspecified atom stereocenters. The van der Waals surface area contributed by atoms with Gasteiger partial charge in [0, 0.05) is 23.7 Å². The van der Waals surface area contributed by atoms with Gasteiger partial charge in [-0.2, -0.15) is 5.26 Å². The van der Waals surface area contributed by atoms with Gasteiger partial charge in [-0.25, -0.2) is 9.59 Å². The monoisotopic (exact) mass is 391 g/mol. The molecule has 0 bridgehead atoms. The van der Waals surface area contributed by atoms with E-state index >= 15 is 0 Å². The molecule has 7 nitrogen and oxygen atoms in total. The van der Waals surface area contributed by atoms with Crippen LogP contribution >= 0.6 is 0 Å².